The van der Waals surface area contributed by atoms with Crippen molar-refractivity contribution in [1.29, 1.82) is 5.41 Å². The number of anilines is 1. The van der Waals surface area contributed by atoms with E-state index in [-0.39, 0.29) is 5.84 Å². The van der Waals surface area contributed by atoms with Gasteiger partial charge in [-0.25, -0.2) is 0 Å². The van der Waals surface area contributed by atoms with Gasteiger partial charge in [0, 0.05) is 17.1 Å². The third-order valence-electron chi connectivity index (χ3n) is 2.16. The van der Waals surface area contributed by atoms with Crippen LogP contribution in [0, 0.1) is 5.41 Å². The van der Waals surface area contributed by atoms with Gasteiger partial charge in [0.25, 0.3) is 0 Å². The maximum absolute atomic E-state index is 7.66. The summed E-state index contributed by atoms with van der Waals surface area (Å²) in [7, 11) is 0. The van der Waals surface area contributed by atoms with Crippen molar-refractivity contribution in [2.75, 3.05) is 17.6 Å². The largest absolute Gasteiger partial charge is 0.384 e. The van der Waals surface area contributed by atoms with Crippen LogP contribution in [0.15, 0.2) is 23.1 Å². The number of benzene rings is 1. The predicted molar refractivity (Wildman–Crippen MR) is 72.6 cm³/mol. The van der Waals surface area contributed by atoms with Crippen LogP contribution in [0.1, 0.15) is 25.8 Å². The van der Waals surface area contributed by atoms with Gasteiger partial charge in [-0.05, 0) is 24.3 Å². The minimum Gasteiger partial charge on any atom is -0.384 e. The molecule has 88 valence electrons. The number of thioether (sulfide) groups is 1. The molecule has 0 unspecified atom stereocenters. The lowest BCUT2D eigenvalue weighted by atomic mass is 10.1. The van der Waals surface area contributed by atoms with E-state index in [0.29, 0.717) is 0 Å². The van der Waals surface area contributed by atoms with E-state index in [1.165, 1.54) is 0 Å². The van der Waals surface area contributed by atoms with Crippen LogP contribution in [-0.4, -0.2) is 18.1 Å². The number of amidine groups is 1. The molecule has 1 aromatic rings. The van der Waals surface area contributed by atoms with E-state index in [1.54, 1.807) is 11.8 Å². The van der Waals surface area contributed by atoms with E-state index < -0.39 is 0 Å². The zero-order valence-corrected chi connectivity index (χ0v) is 10.7. The normalized spacial score (nSPS) is 10.1. The van der Waals surface area contributed by atoms with Crippen LogP contribution in [-0.2, 0) is 0 Å². The first kappa shape index (κ1) is 12.9. The molecule has 0 fully saturated rings. The molecule has 0 aliphatic rings. The molecule has 0 aliphatic carbocycles. The van der Waals surface area contributed by atoms with Crippen LogP contribution >= 0.6 is 11.8 Å². The summed E-state index contributed by atoms with van der Waals surface area (Å²) >= 11 is 1.72. The van der Waals surface area contributed by atoms with Gasteiger partial charge in [0.1, 0.15) is 5.84 Å². The topological polar surface area (TPSA) is 61.9 Å². The molecule has 0 saturated heterocycles. The molecule has 0 radical (unpaired) electrons. The van der Waals surface area contributed by atoms with Gasteiger partial charge in [0.15, 0.2) is 0 Å². The molecule has 0 aliphatic heterocycles. The van der Waals surface area contributed by atoms with Gasteiger partial charge >= 0.3 is 0 Å². The molecule has 4 N–H and O–H groups in total. The highest BCUT2D eigenvalue weighted by molar-refractivity contribution is 7.99. The average Bonchev–Trinajstić information content (AvgIpc) is 2.26. The van der Waals surface area contributed by atoms with E-state index in [0.717, 1.165) is 34.9 Å². The highest BCUT2D eigenvalue weighted by Crippen LogP contribution is 2.28. The van der Waals surface area contributed by atoms with Crippen molar-refractivity contribution >= 4 is 23.3 Å². The van der Waals surface area contributed by atoms with Gasteiger partial charge in [0.2, 0.25) is 0 Å². The van der Waals surface area contributed by atoms with Crippen LogP contribution in [0.5, 0.6) is 0 Å². The molecule has 1 rings (SSSR count). The lowest BCUT2D eigenvalue weighted by molar-refractivity contribution is 0.977. The second kappa shape index (κ2) is 6.43. The highest BCUT2D eigenvalue weighted by atomic mass is 32.2. The fourth-order valence-corrected chi connectivity index (χ4v) is 2.34. The first-order valence-electron chi connectivity index (χ1n) is 5.54. The number of nitrogen functional groups attached to an aromatic ring is 1. The molecule has 1 aromatic carbocycles. The monoisotopic (exact) mass is 237 g/mol. The summed E-state index contributed by atoms with van der Waals surface area (Å²) in [5, 5.41) is 11.0. The zero-order chi connectivity index (χ0) is 12.0. The van der Waals surface area contributed by atoms with E-state index in [4.69, 9.17) is 11.1 Å². The third-order valence-corrected chi connectivity index (χ3v) is 3.10. The Balaban J connectivity index is 3.05. The average molecular weight is 237 g/mol. The second-order valence-electron chi connectivity index (χ2n) is 3.45. The molecular weight excluding hydrogens is 218 g/mol. The Hall–Kier alpha value is -1.16. The summed E-state index contributed by atoms with van der Waals surface area (Å²) < 4.78 is 0. The fraction of sp³-hybridized carbons (Fsp3) is 0.417. The Morgan fingerprint density at radius 3 is 2.75 bits per heavy atom. The van der Waals surface area contributed by atoms with Crippen LogP contribution < -0.4 is 11.1 Å². The SMILES string of the molecule is CCCNc1cccc(SCC)c1C(=N)N. The first-order chi connectivity index (χ1) is 7.70. The smallest absolute Gasteiger partial charge is 0.126 e. The number of rotatable bonds is 6. The van der Waals surface area contributed by atoms with Gasteiger partial charge in [0.05, 0.1) is 5.56 Å². The van der Waals surface area contributed by atoms with Crippen molar-refractivity contribution in [3.05, 3.63) is 23.8 Å². The van der Waals surface area contributed by atoms with Crippen LogP contribution in [0.3, 0.4) is 0 Å². The van der Waals surface area contributed by atoms with Crippen molar-refractivity contribution in [1.82, 2.24) is 0 Å². The maximum Gasteiger partial charge on any atom is 0.126 e. The van der Waals surface area contributed by atoms with Gasteiger partial charge in [-0.15, -0.1) is 11.8 Å². The third kappa shape index (κ3) is 3.17. The molecule has 0 aromatic heterocycles. The Morgan fingerprint density at radius 1 is 1.44 bits per heavy atom. The summed E-state index contributed by atoms with van der Waals surface area (Å²) in [5.41, 5.74) is 7.45. The molecule has 0 atom stereocenters. The van der Waals surface area contributed by atoms with Gasteiger partial charge in [-0.1, -0.05) is 19.9 Å². The summed E-state index contributed by atoms with van der Waals surface area (Å²) in [4.78, 5) is 1.08. The summed E-state index contributed by atoms with van der Waals surface area (Å²) in [6, 6.07) is 6.00. The van der Waals surface area contributed by atoms with E-state index in [9.17, 15) is 0 Å². The lowest BCUT2D eigenvalue weighted by Gasteiger charge is -2.14. The Labute approximate surface area is 101 Å². The van der Waals surface area contributed by atoms with Crippen molar-refractivity contribution in [3.8, 4) is 0 Å². The van der Waals surface area contributed by atoms with Gasteiger partial charge in [-0.2, -0.15) is 0 Å². The van der Waals surface area contributed by atoms with E-state index >= 15 is 0 Å². The first-order valence-corrected chi connectivity index (χ1v) is 6.53. The molecule has 0 saturated carbocycles. The predicted octanol–water partition coefficient (Wildman–Crippen LogP) is 2.90. The number of nitrogens with two attached hydrogens (primary N) is 1. The van der Waals surface area contributed by atoms with Gasteiger partial charge < -0.3 is 11.1 Å². The standard InChI is InChI=1S/C12H19N3S/c1-3-8-15-9-6-5-7-10(16-4-2)11(9)12(13)14/h5-7,15H,3-4,8H2,1-2H3,(H3,13,14). The van der Waals surface area contributed by atoms with Crippen molar-refractivity contribution in [3.63, 3.8) is 0 Å². The minimum atomic E-state index is 0.134. The Morgan fingerprint density at radius 2 is 2.19 bits per heavy atom. The molecule has 0 heterocycles. The summed E-state index contributed by atoms with van der Waals surface area (Å²) in [6.07, 6.45) is 1.06. The molecule has 3 nitrogen and oxygen atoms in total. The van der Waals surface area contributed by atoms with Crippen LogP contribution in [0.2, 0.25) is 0 Å². The van der Waals surface area contributed by atoms with Gasteiger partial charge in [-0.3, -0.25) is 5.41 Å². The molecule has 16 heavy (non-hydrogen) atoms. The molecule has 0 bridgehead atoms. The Bertz CT molecular complexity index is 363. The second-order valence-corrected chi connectivity index (χ2v) is 4.76. The Kier molecular flexibility index (Phi) is 5.19. The lowest BCUT2D eigenvalue weighted by Crippen LogP contribution is -2.16. The van der Waals surface area contributed by atoms with Crippen LogP contribution in [0.4, 0.5) is 5.69 Å². The number of nitrogens with one attached hydrogen (secondary N) is 2. The summed E-state index contributed by atoms with van der Waals surface area (Å²) in [5.74, 6) is 1.12. The summed E-state index contributed by atoms with van der Waals surface area (Å²) in [6.45, 7) is 5.12. The van der Waals surface area contributed by atoms with Crippen molar-refractivity contribution < 1.29 is 0 Å². The molecule has 0 amide bonds. The number of hydrogen-bond acceptors (Lipinski definition) is 3. The molecule has 0 spiro atoms. The highest BCUT2D eigenvalue weighted by Gasteiger charge is 2.10. The molecular formula is C12H19N3S. The van der Waals surface area contributed by atoms with Crippen LogP contribution in [0.25, 0.3) is 0 Å². The van der Waals surface area contributed by atoms with Crippen molar-refractivity contribution in [2.45, 2.75) is 25.2 Å². The minimum absolute atomic E-state index is 0.134. The zero-order valence-electron chi connectivity index (χ0n) is 9.84. The van der Waals surface area contributed by atoms with E-state index in [2.05, 4.69) is 19.2 Å². The maximum atomic E-state index is 7.66. The van der Waals surface area contributed by atoms with E-state index in [1.807, 2.05) is 18.2 Å². The molecule has 4 heteroatoms. The fourth-order valence-electron chi connectivity index (χ4n) is 1.49. The quantitative estimate of drug-likeness (QED) is 0.405. The number of hydrogen-bond donors (Lipinski definition) is 3. The van der Waals surface area contributed by atoms with Crippen molar-refractivity contribution in [2.24, 2.45) is 5.73 Å².